The monoisotopic (exact) mass is 332 g/mol. The van der Waals surface area contributed by atoms with E-state index in [2.05, 4.69) is 59.3 Å². The minimum Gasteiger partial charge on any atom is -0.491 e. The highest BCUT2D eigenvalue weighted by Crippen LogP contribution is 2.32. The van der Waals surface area contributed by atoms with Crippen molar-refractivity contribution in [3.8, 4) is 5.75 Å². The maximum absolute atomic E-state index is 5.67. The molecule has 20 heavy (non-hydrogen) atoms. The van der Waals surface area contributed by atoms with Crippen molar-refractivity contribution in [2.75, 3.05) is 0 Å². The Hall–Kier alpha value is -1.28. The van der Waals surface area contributed by atoms with E-state index in [0.29, 0.717) is 0 Å². The van der Waals surface area contributed by atoms with Crippen LogP contribution < -0.4 is 4.74 Å². The molecule has 0 fully saturated rings. The molecule has 0 amide bonds. The van der Waals surface area contributed by atoms with Crippen LogP contribution in [0, 0.1) is 0 Å². The Morgan fingerprint density at radius 1 is 0.900 bits per heavy atom. The number of hydrogen-bond acceptors (Lipinski definition) is 1. The van der Waals surface area contributed by atoms with E-state index >= 15 is 0 Å². The third-order valence-electron chi connectivity index (χ3n) is 3.23. The van der Waals surface area contributed by atoms with E-state index in [1.165, 1.54) is 16.7 Å². The smallest absolute Gasteiger partial charge is 0.119 e. The van der Waals surface area contributed by atoms with Gasteiger partial charge in [0.25, 0.3) is 0 Å². The molecule has 0 N–H and O–H groups in total. The molecule has 0 saturated carbocycles. The average molecular weight is 333 g/mol. The Balaban J connectivity index is 2.13. The molecule has 1 nitrogen and oxygen atoms in total. The van der Waals surface area contributed by atoms with Gasteiger partial charge in [-0.05, 0) is 49.1 Å². The van der Waals surface area contributed by atoms with Crippen LogP contribution in [-0.2, 0) is 6.42 Å². The molecule has 2 aromatic carbocycles. The lowest BCUT2D eigenvalue weighted by molar-refractivity contribution is 0.242. The molecule has 1 atom stereocenters. The third kappa shape index (κ3) is 3.86. The average Bonchev–Trinajstić information content (AvgIpc) is 2.47. The zero-order valence-corrected chi connectivity index (χ0v) is 13.9. The highest BCUT2D eigenvalue weighted by molar-refractivity contribution is 9.09. The summed E-state index contributed by atoms with van der Waals surface area (Å²) in [6.45, 7) is 6.25. The van der Waals surface area contributed by atoms with Crippen LogP contribution in [0.25, 0.3) is 0 Å². The number of aryl methyl sites for hydroxylation is 1. The molecule has 0 heterocycles. The van der Waals surface area contributed by atoms with Crippen LogP contribution in [0.1, 0.15) is 42.3 Å². The number of halogens is 1. The lowest BCUT2D eigenvalue weighted by atomic mass is 10.0. The normalized spacial score (nSPS) is 12.4. The first-order chi connectivity index (χ1) is 9.60. The maximum Gasteiger partial charge on any atom is 0.119 e. The summed E-state index contributed by atoms with van der Waals surface area (Å²) in [4.78, 5) is 0.224. The van der Waals surface area contributed by atoms with Crippen molar-refractivity contribution in [1.82, 2.24) is 0 Å². The van der Waals surface area contributed by atoms with Gasteiger partial charge in [-0.25, -0.2) is 0 Å². The first-order valence-corrected chi connectivity index (χ1v) is 8.01. The summed E-state index contributed by atoms with van der Waals surface area (Å²) in [6, 6.07) is 17.1. The Bertz CT molecular complexity index is 528. The van der Waals surface area contributed by atoms with Crippen molar-refractivity contribution in [2.45, 2.75) is 38.1 Å². The van der Waals surface area contributed by atoms with Gasteiger partial charge in [-0.15, -0.1) is 0 Å². The zero-order valence-electron chi connectivity index (χ0n) is 12.3. The van der Waals surface area contributed by atoms with Crippen molar-refractivity contribution >= 4 is 15.9 Å². The van der Waals surface area contributed by atoms with Crippen LogP contribution >= 0.6 is 15.9 Å². The zero-order chi connectivity index (χ0) is 14.5. The first-order valence-electron chi connectivity index (χ1n) is 7.09. The molecule has 0 aliphatic rings. The summed E-state index contributed by atoms with van der Waals surface area (Å²) < 4.78 is 5.67. The molecule has 0 bridgehead atoms. The van der Waals surface area contributed by atoms with Crippen LogP contribution in [0.4, 0.5) is 0 Å². The lowest BCUT2D eigenvalue weighted by Gasteiger charge is -2.13. The van der Waals surface area contributed by atoms with Gasteiger partial charge in [-0.1, -0.05) is 59.3 Å². The van der Waals surface area contributed by atoms with E-state index in [-0.39, 0.29) is 10.9 Å². The van der Waals surface area contributed by atoms with Crippen LogP contribution in [0.15, 0.2) is 48.5 Å². The molecular formula is C18H21BrO. The van der Waals surface area contributed by atoms with E-state index in [0.717, 1.165) is 12.2 Å². The van der Waals surface area contributed by atoms with Crippen molar-refractivity contribution in [3.05, 3.63) is 65.2 Å². The topological polar surface area (TPSA) is 9.23 Å². The minimum atomic E-state index is 0.210. The van der Waals surface area contributed by atoms with Crippen LogP contribution in [0.2, 0.25) is 0 Å². The summed E-state index contributed by atoms with van der Waals surface area (Å²) >= 11 is 3.78. The third-order valence-corrected chi connectivity index (χ3v) is 4.28. The second kappa shape index (κ2) is 6.94. The lowest BCUT2D eigenvalue weighted by Crippen LogP contribution is -2.05. The van der Waals surface area contributed by atoms with Crippen LogP contribution in [-0.4, -0.2) is 6.10 Å². The Kier molecular flexibility index (Phi) is 5.24. The molecule has 0 saturated heterocycles. The summed E-state index contributed by atoms with van der Waals surface area (Å²) in [6.07, 6.45) is 1.29. The van der Waals surface area contributed by atoms with Crippen molar-refractivity contribution in [1.29, 1.82) is 0 Å². The second-order valence-corrected chi connectivity index (χ2v) is 6.11. The van der Waals surface area contributed by atoms with Crippen molar-refractivity contribution < 1.29 is 4.74 Å². The molecule has 2 aromatic rings. The van der Waals surface area contributed by atoms with E-state index < -0.39 is 0 Å². The standard InChI is InChI=1S/C18H21BrO/c1-4-14-5-7-15(8-6-14)18(19)16-9-11-17(12-10-16)20-13(2)3/h5-13,18H,4H2,1-3H3. The summed E-state index contributed by atoms with van der Waals surface area (Å²) in [5, 5.41) is 0. The van der Waals surface area contributed by atoms with Gasteiger partial charge in [0.2, 0.25) is 0 Å². The van der Waals surface area contributed by atoms with Crippen LogP contribution in [0.5, 0.6) is 5.75 Å². The number of benzene rings is 2. The fourth-order valence-electron chi connectivity index (χ4n) is 2.10. The number of ether oxygens (including phenoxy) is 1. The first kappa shape index (κ1) is 15.1. The maximum atomic E-state index is 5.67. The predicted octanol–water partition coefficient (Wildman–Crippen LogP) is 5.52. The molecule has 2 rings (SSSR count). The number of alkyl halides is 1. The van der Waals surface area contributed by atoms with Gasteiger partial charge in [0.15, 0.2) is 0 Å². The summed E-state index contributed by atoms with van der Waals surface area (Å²) in [5.41, 5.74) is 3.89. The predicted molar refractivity (Wildman–Crippen MR) is 88.8 cm³/mol. The quantitative estimate of drug-likeness (QED) is 0.655. The van der Waals surface area contributed by atoms with Crippen molar-refractivity contribution in [2.24, 2.45) is 0 Å². The fraction of sp³-hybridized carbons (Fsp3) is 0.333. The second-order valence-electron chi connectivity index (χ2n) is 5.19. The van der Waals surface area contributed by atoms with Gasteiger partial charge in [0, 0.05) is 0 Å². The molecule has 0 spiro atoms. The number of hydrogen-bond donors (Lipinski definition) is 0. The van der Waals surface area contributed by atoms with Gasteiger partial charge in [0.05, 0.1) is 10.9 Å². The van der Waals surface area contributed by atoms with Gasteiger partial charge < -0.3 is 4.74 Å². The van der Waals surface area contributed by atoms with E-state index in [1.807, 2.05) is 26.0 Å². The highest BCUT2D eigenvalue weighted by Gasteiger charge is 2.10. The molecule has 2 heteroatoms. The molecule has 0 aliphatic carbocycles. The Labute approximate surface area is 130 Å². The minimum absolute atomic E-state index is 0.210. The van der Waals surface area contributed by atoms with Gasteiger partial charge in [-0.3, -0.25) is 0 Å². The molecule has 0 aromatic heterocycles. The summed E-state index contributed by atoms with van der Waals surface area (Å²) in [7, 11) is 0. The molecule has 1 unspecified atom stereocenters. The fourth-order valence-corrected chi connectivity index (χ4v) is 2.71. The highest BCUT2D eigenvalue weighted by atomic mass is 79.9. The molecule has 0 radical (unpaired) electrons. The SMILES string of the molecule is CCc1ccc(C(Br)c2ccc(OC(C)C)cc2)cc1. The Morgan fingerprint density at radius 2 is 1.40 bits per heavy atom. The number of rotatable bonds is 5. The van der Waals surface area contributed by atoms with E-state index in [9.17, 15) is 0 Å². The van der Waals surface area contributed by atoms with Crippen LogP contribution in [0.3, 0.4) is 0 Å². The Morgan fingerprint density at radius 3 is 1.85 bits per heavy atom. The summed E-state index contributed by atoms with van der Waals surface area (Å²) in [5.74, 6) is 0.921. The van der Waals surface area contributed by atoms with Gasteiger partial charge in [-0.2, -0.15) is 0 Å². The van der Waals surface area contributed by atoms with E-state index in [1.54, 1.807) is 0 Å². The van der Waals surface area contributed by atoms with E-state index in [4.69, 9.17) is 4.74 Å². The largest absolute Gasteiger partial charge is 0.491 e. The molecule has 0 aliphatic heterocycles. The van der Waals surface area contributed by atoms with Crippen molar-refractivity contribution in [3.63, 3.8) is 0 Å². The molecule has 106 valence electrons. The van der Waals surface area contributed by atoms with Gasteiger partial charge in [0.1, 0.15) is 5.75 Å². The van der Waals surface area contributed by atoms with Gasteiger partial charge >= 0.3 is 0 Å². The molecular weight excluding hydrogens is 312 g/mol.